The topological polar surface area (TPSA) is 35.5 Å². The minimum atomic E-state index is -0.357. The van der Waals surface area contributed by atoms with Gasteiger partial charge in [-0.25, -0.2) is 4.79 Å². The van der Waals surface area contributed by atoms with Crippen LogP contribution in [-0.2, 0) is 0 Å². The fourth-order valence-corrected chi connectivity index (χ4v) is 1.93. The van der Waals surface area contributed by atoms with Gasteiger partial charge in [0.05, 0.1) is 12.2 Å². The predicted molar refractivity (Wildman–Crippen MR) is 87.6 cm³/mol. The first-order valence-electron chi connectivity index (χ1n) is 7.48. The van der Waals surface area contributed by atoms with Crippen molar-refractivity contribution in [3.63, 3.8) is 0 Å². The Bertz CT molecular complexity index is 642. The molecule has 0 aliphatic rings. The van der Waals surface area contributed by atoms with Gasteiger partial charge in [-0.3, -0.25) is 0 Å². The number of benzene rings is 2. The molecule has 0 saturated heterocycles. The van der Waals surface area contributed by atoms with Crippen molar-refractivity contribution in [1.29, 1.82) is 0 Å². The number of aryl methyl sites for hydroxylation is 2. The Morgan fingerprint density at radius 2 is 1.73 bits per heavy atom. The summed E-state index contributed by atoms with van der Waals surface area (Å²) >= 11 is 0. The van der Waals surface area contributed by atoms with Crippen LogP contribution in [0.2, 0.25) is 0 Å². The molecule has 0 heterocycles. The number of hydrogen-bond donors (Lipinski definition) is 0. The highest BCUT2D eigenvalue weighted by atomic mass is 16.5. The summed E-state index contributed by atoms with van der Waals surface area (Å²) < 4.78 is 11.1. The molecular formula is C19H22O3. The van der Waals surface area contributed by atoms with Crippen molar-refractivity contribution in [2.75, 3.05) is 6.61 Å². The van der Waals surface area contributed by atoms with E-state index in [0.717, 1.165) is 16.9 Å². The van der Waals surface area contributed by atoms with Crippen molar-refractivity contribution in [2.45, 2.75) is 27.7 Å². The van der Waals surface area contributed by atoms with Gasteiger partial charge in [0.1, 0.15) is 11.5 Å². The lowest BCUT2D eigenvalue weighted by Gasteiger charge is -2.10. The van der Waals surface area contributed by atoms with E-state index in [-0.39, 0.29) is 5.97 Å². The van der Waals surface area contributed by atoms with Gasteiger partial charge >= 0.3 is 5.97 Å². The van der Waals surface area contributed by atoms with Crippen LogP contribution in [-0.4, -0.2) is 12.6 Å². The smallest absolute Gasteiger partial charge is 0.343 e. The summed E-state index contributed by atoms with van der Waals surface area (Å²) in [4.78, 5) is 12.2. The molecule has 2 rings (SSSR count). The summed E-state index contributed by atoms with van der Waals surface area (Å²) in [5, 5.41) is 0. The lowest BCUT2D eigenvalue weighted by Crippen LogP contribution is -2.10. The summed E-state index contributed by atoms with van der Waals surface area (Å²) in [6.45, 7) is 8.74. The zero-order chi connectivity index (χ0) is 16.1. The molecular weight excluding hydrogens is 276 g/mol. The molecule has 2 aromatic carbocycles. The Hall–Kier alpha value is -2.29. The Kier molecular flexibility index (Phi) is 5.21. The van der Waals surface area contributed by atoms with Gasteiger partial charge in [0.25, 0.3) is 0 Å². The Balaban J connectivity index is 2.05. The summed E-state index contributed by atoms with van der Waals surface area (Å²) in [5.74, 6) is 1.47. The SMILES string of the molecule is Cc1ccc(C)c(OC(=O)c2ccc(OCC(C)C)cc2)c1. The van der Waals surface area contributed by atoms with Gasteiger partial charge in [-0.15, -0.1) is 0 Å². The molecule has 0 aliphatic carbocycles. The number of ether oxygens (including phenoxy) is 2. The summed E-state index contributed by atoms with van der Waals surface area (Å²) in [5.41, 5.74) is 2.51. The summed E-state index contributed by atoms with van der Waals surface area (Å²) in [6, 6.07) is 12.8. The second-order valence-corrected chi connectivity index (χ2v) is 5.89. The molecule has 0 amide bonds. The second kappa shape index (κ2) is 7.12. The fraction of sp³-hybridized carbons (Fsp3) is 0.316. The molecule has 0 spiro atoms. The van der Waals surface area contributed by atoms with Gasteiger partial charge in [0, 0.05) is 0 Å². The molecule has 0 atom stereocenters. The maximum Gasteiger partial charge on any atom is 0.343 e. The van der Waals surface area contributed by atoms with E-state index in [2.05, 4.69) is 13.8 Å². The van der Waals surface area contributed by atoms with Crippen LogP contribution in [0.25, 0.3) is 0 Å². The number of rotatable bonds is 5. The average molecular weight is 298 g/mol. The van der Waals surface area contributed by atoms with Gasteiger partial charge in [0.2, 0.25) is 0 Å². The van der Waals surface area contributed by atoms with E-state index < -0.39 is 0 Å². The second-order valence-electron chi connectivity index (χ2n) is 5.89. The monoisotopic (exact) mass is 298 g/mol. The fourth-order valence-electron chi connectivity index (χ4n) is 1.93. The van der Waals surface area contributed by atoms with Crippen molar-refractivity contribution < 1.29 is 14.3 Å². The summed E-state index contributed by atoms with van der Waals surface area (Å²) in [7, 11) is 0. The molecule has 0 aromatic heterocycles. The van der Waals surface area contributed by atoms with Crippen molar-refractivity contribution in [2.24, 2.45) is 5.92 Å². The number of carbonyl (C=O) groups is 1. The highest BCUT2D eigenvalue weighted by molar-refractivity contribution is 5.91. The molecule has 0 N–H and O–H groups in total. The van der Waals surface area contributed by atoms with Gasteiger partial charge < -0.3 is 9.47 Å². The molecule has 0 fully saturated rings. The van der Waals surface area contributed by atoms with E-state index in [9.17, 15) is 4.79 Å². The lowest BCUT2D eigenvalue weighted by atomic mass is 10.1. The predicted octanol–water partition coefficient (Wildman–Crippen LogP) is 4.56. The minimum Gasteiger partial charge on any atom is -0.493 e. The molecule has 0 unspecified atom stereocenters. The molecule has 0 bridgehead atoms. The van der Waals surface area contributed by atoms with Crippen LogP contribution in [0.15, 0.2) is 42.5 Å². The first-order chi connectivity index (χ1) is 10.5. The van der Waals surface area contributed by atoms with Crippen LogP contribution in [0.4, 0.5) is 0 Å². The molecule has 0 aliphatic heterocycles. The van der Waals surface area contributed by atoms with Gasteiger partial charge in [-0.2, -0.15) is 0 Å². The van der Waals surface area contributed by atoms with Crippen LogP contribution < -0.4 is 9.47 Å². The Labute approximate surface area is 131 Å². The van der Waals surface area contributed by atoms with Crippen LogP contribution >= 0.6 is 0 Å². The zero-order valence-electron chi connectivity index (χ0n) is 13.6. The van der Waals surface area contributed by atoms with Crippen LogP contribution in [0.1, 0.15) is 35.3 Å². The van der Waals surface area contributed by atoms with Gasteiger partial charge in [0.15, 0.2) is 0 Å². The zero-order valence-corrected chi connectivity index (χ0v) is 13.6. The molecule has 0 radical (unpaired) electrons. The lowest BCUT2D eigenvalue weighted by molar-refractivity contribution is 0.0733. The maximum absolute atomic E-state index is 12.2. The number of hydrogen-bond acceptors (Lipinski definition) is 3. The van der Waals surface area contributed by atoms with Crippen molar-refractivity contribution in [3.8, 4) is 11.5 Å². The average Bonchev–Trinajstić information content (AvgIpc) is 2.49. The van der Waals surface area contributed by atoms with Crippen molar-refractivity contribution >= 4 is 5.97 Å². The van der Waals surface area contributed by atoms with Gasteiger partial charge in [-0.05, 0) is 61.2 Å². The largest absolute Gasteiger partial charge is 0.493 e. The first-order valence-corrected chi connectivity index (χ1v) is 7.48. The quantitative estimate of drug-likeness (QED) is 0.599. The van der Waals surface area contributed by atoms with E-state index in [1.54, 1.807) is 24.3 Å². The van der Waals surface area contributed by atoms with E-state index in [0.29, 0.717) is 23.8 Å². The highest BCUT2D eigenvalue weighted by Gasteiger charge is 2.10. The third kappa shape index (κ3) is 4.35. The molecule has 0 saturated carbocycles. The maximum atomic E-state index is 12.2. The standard InChI is InChI=1S/C19H22O3/c1-13(2)12-21-17-9-7-16(8-10-17)19(20)22-18-11-14(3)5-6-15(18)4/h5-11,13H,12H2,1-4H3. The number of esters is 1. The van der Waals surface area contributed by atoms with E-state index in [4.69, 9.17) is 9.47 Å². The van der Waals surface area contributed by atoms with Crippen LogP contribution in [0.3, 0.4) is 0 Å². The van der Waals surface area contributed by atoms with E-state index in [1.807, 2.05) is 32.0 Å². The minimum absolute atomic E-state index is 0.357. The van der Waals surface area contributed by atoms with Crippen molar-refractivity contribution in [3.05, 3.63) is 59.2 Å². The molecule has 3 nitrogen and oxygen atoms in total. The third-order valence-corrected chi connectivity index (χ3v) is 3.22. The normalized spacial score (nSPS) is 10.6. The summed E-state index contributed by atoms with van der Waals surface area (Å²) in [6.07, 6.45) is 0. The van der Waals surface area contributed by atoms with Crippen LogP contribution in [0, 0.1) is 19.8 Å². The Morgan fingerprint density at radius 3 is 2.36 bits per heavy atom. The molecule has 3 heteroatoms. The highest BCUT2D eigenvalue weighted by Crippen LogP contribution is 2.21. The molecule has 2 aromatic rings. The van der Waals surface area contributed by atoms with E-state index in [1.165, 1.54) is 0 Å². The van der Waals surface area contributed by atoms with Gasteiger partial charge in [-0.1, -0.05) is 26.0 Å². The molecule has 22 heavy (non-hydrogen) atoms. The number of carbonyl (C=O) groups excluding carboxylic acids is 1. The van der Waals surface area contributed by atoms with Crippen molar-refractivity contribution in [1.82, 2.24) is 0 Å². The van der Waals surface area contributed by atoms with Crippen LogP contribution in [0.5, 0.6) is 11.5 Å². The first kappa shape index (κ1) is 16.1. The Morgan fingerprint density at radius 1 is 1.05 bits per heavy atom. The van der Waals surface area contributed by atoms with E-state index >= 15 is 0 Å². The third-order valence-electron chi connectivity index (χ3n) is 3.22. The molecule has 116 valence electrons.